The van der Waals surface area contributed by atoms with Crippen LogP contribution in [0.2, 0.25) is 0 Å². The third-order valence-corrected chi connectivity index (χ3v) is 6.99. The van der Waals surface area contributed by atoms with E-state index in [1.807, 2.05) is 6.92 Å². The largest absolute Gasteiger partial charge is 0.390 e. The maximum atomic E-state index is 10.9. The summed E-state index contributed by atoms with van der Waals surface area (Å²) in [5.74, 6) is 0.473. The zero-order valence-electron chi connectivity index (χ0n) is 11.6. The maximum absolute atomic E-state index is 10.9. The van der Waals surface area contributed by atoms with E-state index in [1.165, 1.54) is 19.3 Å². The maximum Gasteiger partial charge on any atom is 0.0939 e. The van der Waals surface area contributed by atoms with E-state index in [2.05, 4.69) is 20.8 Å². The van der Waals surface area contributed by atoms with E-state index in [0.29, 0.717) is 11.3 Å². The fourth-order valence-corrected chi connectivity index (χ4v) is 6.21. The first-order chi connectivity index (χ1) is 7.68. The van der Waals surface area contributed by atoms with Crippen LogP contribution in [0.3, 0.4) is 0 Å². The first-order valence-electron chi connectivity index (χ1n) is 7.09. The minimum absolute atomic E-state index is 0.0816. The number of hydrogen-bond acceptors (Lipinski definition) is 2. The molecule has 3 fully saturated rings. The topological polar surface area (TPSA) is 40.5 Å². The van der Waals surface area contributed by atoms with Crippen LogP contribution in [-0.2, 0) is 0 Å². The lowest BCUT2D eigenvalue weighted by Crippen LogP contribution is -2.48. The Labute approximate surface area is 104 Å². The van der Waals surface area contributed by atoms with Crippen molar-refractivity contribution in [3.05, 3.63) is 0 Å². The average Bonchev–Trinajstić information content (AvgIpc) is 2.58. The molecule has 2 heteroatoms. The highest BCUT2D eigenvalue weighted by Gasteiger charge is 2.75. The molecule has 3 aliphatic carbocycles. The van der Waals surface area contributed by atoms with Gasteiger partial charge in [0.25, 0.3) is 0 Å². The molecule has 0 radical (unpaired) electrons. The lowest BCUT2D eigenvalue weighted by Gasteiger charge is -2.49. The van der Waals surface area contributed by atoms with E-state index in [4.69, 9.17) is 0 Å². The van der Waals surface area contributed by atoms with Crippen LogP contribution < -0.4 is 0 Å². The van der Waals surface area contributed by atoms with Crippen LogP contribution in [0.15, 0.2) is 0 Å². The second kappa shape index (κ2) is 2.91. The molecule has 3 aliphatic rings. The zero-order chi connectivity index (χ0) is 12.7. The molecule has 0 aromatic carbocycles. The van der Waals surface area contributed by atoms with Crippen molar-refractivity contribution in [1.82, 2.24) is 0 Å². The predicted molar refractivity (Wildman–Crippen MR) is 67.5 cm³/mol. The van der Waals surface area contributed by atoms with E-state index in [9.17, 15) is 10.2 Å². The number of aliphatic hydroxyl groups excluding tert-OH is 1. The Bertz CT molecular complexity index is 364. The molecule has 0 amide bonds. The molecule has 3 saturated carbocycles. The van der Waals surface area contributed by atoms with Gasteiger partial charge < -0.3 is 10.2 Å². The Morgan fingerprint density at radius 1 is 0.941 bits per heavy atom. The summed E-state index contributed by atoms with van der Waals surface area (Å²) in [7, 11) is 0. The highest BCUT2D eigenvalue weighted by molar-refractivity contribution is 5.24. The van der Waals surface area contributed by atoms with Gasteiger partial charge in [0.1, 0.15) is 0 Å². The lowest BCUT2D eigenvalue weighted by atomic mass is 9.55. The normalized spacial score (nSPS) is 66.0. The molecule has 0 heterocycles. The van der Waals surface area contributed by atoms with Gasteiger partial charge in [-0.15, -0.1) is 0 Å². The van der Waals surface area contributed by atoms with Gasteiger partial charge in [-0.05, 0) is 43.9 Å². The van der Waals surface area contributed by atoms with Crippen LogP contribution in [0, 0.1) is 22.2 Å². The van der Waals surface area contributed by atoms with E-state index in [1.54, 1.807) is 0 Å². The fraction of sp³-hybridized carbons (Fsp3) is 1.00. The van der Waals surface area contributed by atoms with Crippen molar-refractivity contribution in [2.45, 2.75) is 71.5 Å². The van der Waals surface area contributed by atoms with Gasteiger partial charge in [-0.2, -0.15) is 0 Å². The van der Waals surface area contributed by atoms with Crippen LogP contribution in [0.4, 0.5) is 0 Å². The number of hydrogen-bond donors (Lipinski definition) is 2. The van der Waals surface area contributed by atoms with Crippen molar-refractivity contribution in [1.29, 1.82) is 0 Å². The van der Waals surface area contributed by atoms with Crippen molar-refractivity contribution in [3.63, 3.8) is 0 Å². The van der Waals surface area contributed by atoms with Crippen molar-refractivity contribution < 1.29 is 10.2 Å². The van der Waals surface area contributed by atoms with Gasteiger partial charge in [0.05, 0.1) is 11.7 Å². The quantitative estimate of drug-likeness (QED) is 0.681. The summed E-state index contributed by atoms with van der Waals surface area (Å²) in [6.45, 7) is 8.68. The van der Waals surface area contributed by atoms with Gasteiger partial charge >= 0.3 is 0 Å². The Kier molecular flexibility index (Phi) is 2.05. The Balaban J connectivity index is 2.19. The Morgan fingerprint density at radius 3 is 2.24 bits per heavy atom. The van der Waals surface area contributed by atoms with Crippen molar-refractivity contribution >= 4 is 0 Å². The minimum Gasteiger partial charge on any atom is -0.390 e. The molecule has 0 saturated heterocycles. The third kappa shape index (κ3) is 1.06. The molecule has 0 aliphatic heterocycles. The summed E-state index contributed by atoms with van der Waals surface area (Å²) in [5.41, 5.74) is -0.768. The van der Waals surface area contributed by atoms with Crippen LogP contribution in [0.25, 0.3) is 0 Å². The molecule has 0 aromatic heterocycles. The molecule has 0 spiro atoms. The van der Waals surface area contributed by atoms with Gasteiger partial charge in [0.2, 0.25) is 0 Å². The number of rotatable bonds is 0. The van der Waals surface area contributed by atoms with Crippen molar-refractivity contribution in [2.24, 2.45) is 22.2 Å². The molecule has 0 aromatic rings. The molecule has 2 N–H and O–H groups in total. The third-order valence-electron chi connectivity index (χ3n) is 6.99. The Morgan fingerprint density at radius 2 is 1.59 bits per heavy atom. The molecular formula is C15H26O2. The first kappa shape index (κ1) is 12.0. The SMILES string of the molecule is CC12CCCC3(C)C(O)C(C)(O)C(C)(CC1)C23. The Hall–Kier alpha value is -0.0800. The molecule has 6 unspecified atom stereocenters. The van der Waals surface area contributed by atoms with Crippen molar-refractivity contribution in [3.8, 4) is 0 Å². The summed E-state index contributed by atoms with van der Waals surface area (Å²) in [6.07, 6.45) is 5.25. The van der Waals surface area contributed by atoms with Crippen molar-refractivity contribution in [2.75, 3.05) is 0 Å². The predicted octanol–water partition coefficient (Wildman–Crippen LogP) is 2.72. The summed E-state index contributed by atoms with van der Waals surface area (Å²) < 4.78 is 0. The highest BCUT2D eigenvalue weighted by Crippen LogP contribution is 2.75. The second-order valence-corrected chi connectivity index (χ2v) is 7.91. The molecular weight excluding hydrogens is 212 g/mol. The van der Waals surface area contributed by atoms with Crippen LogP contribution in [0.5, 0.6) is 0 Å². The van der Waals surface area contributed by atoms with E-state index in [0.717, 1.165) is 12.8 Å². The van der Waals surface area contributed by atoms with E-state index in [-0.39, 0.29) is 10.8 Å². The summed E-state index contributed by atoms with van der Waals surface area (Å²) in [5, 5.41) is 21.5. The standard InChI is InChI=1S/C15H26O2/c1-12-6-5-7-13(2)10(12)14(3,9-8-12)15(4,17)11(13)16/h10-11,16-17H,5-9H2,1-4H3. The summed E-state index contributed by atoms with van der Waals surface area (Å²) >= 11 is 0. The molecule has 0 bridgehead atoms. The highest BCUT2D eigenvalue weighted by atomic mass is 16.3. The fourth-order valence-electron chi connectivity index (χ4n) is 6.21. The smallest absolute Gasteiger partial charge is 0.0939 e. The molecule has 2 nitrogen and oxygen atoms in total. The second-order valence-electron chi connectivity index (χ2n) is 7.91. The van der Waals surface area contributed by atoms with Crippen LogP contribution in [-0.4, -0.2) is 21.9 Å². The van der Waals surface area contributed by atoms with Gasteiger partial charge in [0, 0.05) is 10.8 Å². The number of aliphatic hydroxyl groups is 2. The molecule has 17 heavy (non-hydrogen) atoms. The summed E-state index contributed by atoms with van der Waals surface area (Å²) in [6, 6.07) is 0. The monoisotopic (exact) mass is 238 g/mol. The lowest BCUT2D eigenvalue weighted by molar-refractivity contribution is -0.122. The summed E-state index contributed by atoms with van der Waals surface area (Å²) in [4.78, 5) is 0. The molecule has 3 rings (SSSR count). The molecule has 6 atom stereocenters. The first-order valence-corrected chi connectivity index (χ1v) is 7.09. The molecule has 98 valence electrons. The van der Waals surface area contributed by atoms with E-state index < -0.39 is 11.7 Å². The van der Waals surface area contributed by atoms with Gasteiger partial charge in [0.15, 0.2) is 0 Å². The average molecular weight is 238 g/mol. The zero-order valence-corrected chi connectivity index (χ0v) is 11.6. The van der Waals surface area contributed by atoms with Crippen LogP contribution >= 0.6 is 0 Å². The van der Waals surface area contributed by atoms with Gasteiger partial charge in [-0.3, -0.25) is 0 Å². The van der Waals surface area contributed by atoms with E-state index >= 15 is 0 Å². The minimum atomic E-state index is -0.922. The van der Waals surface area contributed by atoms with Gasteiger partial charge in [-0.25, -0.2) is 0 Å². The van der Waals surface area contributed by atoms with Crippen LogP contribution in [0.1, 0.15) is 59.8 Å². The van der Waals surface area contributed by atoms with Gasteiger partial charge in [-0.1, -0.05) is 27.2 Å².